The van der Waals surface area contributed by atoms with Gasteiger partial charge in [-0.3, -0.25) is 0 Å². The van der Waals surface area contributed by atoms with Crippen molar-refractivity contribution in [1.29, 1.82) is 0 Å². The fourth-order valence-electron chi connectivity index (χ4n) is 11.5. The first-order valence-electron chi connectivity index (χ1n) is 15.9. The maximum atomic E-state index is 7.11. The Kier molecular flexibility index (Phi) is 6.56. The van der Waals surface area contributed by atoms with Gasteiger partial charge in [0.15, 0.2) is 0 Å². The Balaban J connectivity index is 1.16. The van der Waals surface area contributed by atoms with Crippen LogP contribution in [0.15, 0.2) is 0 Å². The Labute approximate surface area is 209 Å². The van der Waals surface area contributed by atoms with Crippen LogP contribution in [0.1, 0.15) is 110 Å². The van der Waals surface area contributed by atoms with E-state index < -0.39 is 0 Å². The number of ether oxygens (including phenoxy) is 2. The second-order valence-corrected chi connectivity index (χ2v) is 14.0. The van der Waals surface area contributed by atoms with E-state index in [1.807, 2.05) is 5.92 Å². The molecule has 34 heavy (non-hydrogen) atoms. The van der Waals surface area contributed by atoms with Gasteiger partial charge in [0.05, 0.1) is 25.4 Å². The van der Waals surface area contributed by atoms with Gasteiger partial charge in [-0.05, 0) is 130 Å². The summed E-state index contributed by atoms with van der Waals surface area (Å²) in [7, 11) is 0. The van der Waals surface area contributed by atoms with Gasteiger partial charge in [-0.15, -0.1) is 0 Å². The van der Waals surface area contributed by atoms with E-state index in [-0.39, 0.29) is 0 Å². The van der Waals surface area contributed by atoms with Crippen LogP contribution in [0, 0.1) is 65.1 Å². The lowest BCUT2D eigenvalue weighted by molar-refractivity contribution is -0.210. The predicted octanol–water partition coefficient (Wildman–Crippen LogP) is 7.85. The largest absolute Gasteiger partial charge is 0.378 e. The van der Waals surface area contributed by atoms with E-state index in [1.54, 1.807) is 0 Å². The SMILES string of the molecule is CCC[C]1CCC(C2COC3CCC4CCCC5C6CCCC7CCC(OC2)C(C76)C3C45)CC1. The van der Waals surface area contributed by atoms with E-state index in [9.17, 15) is 0 Å². The average molecular weight is 468 g/mol. The molecule has 0 N–H and O–H groups in total. The van der Waals surface area contributed by atoms with Gasteiger partial charge in [-0.2, -0.15) is 0 Å². The zero-order valence-corrected chi connectivity index (χ0v) is 22.0. The third kappa shape index (κ3) is 3.86. The van der Waals surface area contributed by atoms with Gasteiger partial charge in [0.25, 0.3) is 0 Å². The maximum Gasteiger partial charge on any atom is 0.0610 e. The Hall–Kier alpha value is -0.0800. The standard InChI is InChI=1S/C32H51O2/c1-2-5-20-10-12-21(13-11-20)24-18-33-27-16-14-22-6-3-8-25-26-9-4-7-23-15-17-28(34-19-24)32(30(23)26)31(27)29(22)25/h21-32H,2-19H2,1H3. The zero-order valence-electron chi connectivity index (χ0n) is 22.0. The van der Waals surface area contributed by atoms with E-state index in [0.717, 1.165) is 66.5 Å². The van der Waals surface area contributed by atoms with E-state index in [4.69, 9.17) is 9.47 Å². The molecule has 6 saturated carbocycles. The summed E-state index contributed by atoms with van der Waals surface area (Å²) in [6, 6.07) is 0. The van der Waals surface area contributed by atoms with Gasteiger partial charge in [0.2, 0.25) is 0 Å². The molecule has 7 aliphatic rings. The number of rotatable bonds is 3. The molecule has 7 fully saturated rings. The molecular weight excluding hydrogens is 416 g/mol. The summed E-state index contributed by atoms with van der Waals surface area (Å²) in [6.07, 6.45) is 24.1. The van der Waals surface area contributed by atoms with Gasteiger partial charge in [-0.25, -0.2) is 0 Å². The fourth-order valence-corrected chi connectivity index (χ4v) is 11.5. The molecule has 0 aromatic heterocycles. The topological polar surface area (TPSA) is 18.5 Å². The van der Waals surface area contributed by atoms with Gasteiger partial charge in [0, 0.05) is 5.92 Å². The summed E-state index contributed by atoms with van der Waals surface area (Å²) in [5.74, 6) is 11.0. The third-order valence-electron chi connectivity index (χ3n) is 12.7. The second kappa shape index (κ2) is 9.66. The fraction of sp³-hybridized carbons (Fsp3) is 0.969. The van der Waals surface area contributed by atoms with E-state index in [0.29, 0.717) is 18.1 Å². The summed E-state index contributed by atoms with van der Waals surface area (Å²) in [4.78, 5) is 0. The van der Waals surface area contributed by atoms with Gasteiger partial charge in [-0.1, -0.05) is 39.0 Å². The second-order valence-electron chi connectivity index (χ2n) is 14.0. The summed E-state index contributed by atoms with van der Waals surface area (Å²) in [5, 5.41) is 0. The number of fused-ring (bicyclic) bond motifs is 1. The van der Waals surface area contributed by atoms with Crippen LogP contribution in [0.4, 0.5) is 0 Å². The van der Waals surface area contributed by atoms with Crippen molar-refractivity contribution in [1.82, 2.24) is 0 Å². The van der Waals surface area contributed by atoms with Crippen LogP contribution in [0.3, 0.4) is 0 Å². The van der Waals surface area contributed by atoms with Crippen molar-refractivity contribution < 1.29 is 9.47 Å². The molecule has 10 atom stereocenters. The summed E-state index contributed by atoms with van der Waals surface area (Å²) in [6.45, 7) is 4.33. The lowest BCUT2D eigenvalue weighted by atomic mass is 9.41. The summed E-state index contributed by atoms with van der Waals surface area (Å²) >= 11 is 0. The molecule has 0 amide bonds. The van der Waals surface area contributed by atoms with E-state index in [2.05, 4.69) is 6.92 Å². The molecule has 7 rings (SSSR count). The van der Waals surface area contributed by atoms with Crippen LogP contribution in [0.5, 0.6) is 0 Å². The molecule has 6 aliphatic carbocycles. The van der Waals surface area contributed by atoms with Crippen molar-refractivity contribution in [3.63, 3.8) is 0 Å². The van der Waals surface area contributed by atoms with Crippen molar-refractivity contribution in [3.8, 4) is 0 Å². The Morgan fingerprint density at radius 2 is 1.12 bits per heavy atom. The maximum absolute atomic E-state index is 7.11. The van der Waals surface area contributed by atoms with Crippen molar-refractivity contribution in [2.45, 2.75) is 122 Å². The molecular formula is C32H51O2. The Morgan fingerprint density at radius 3 is 1.65 bits per heavy atom. The zero-order chi connectivity index (χ0) is 22.6. The van der Waals surface area contributed by atoms with Crippen molar-refractivity contribution in [3.05, 3.63) is 5.92 Å². The molecule has 2 nitrogen and oxygen atoms in total. The van der Waals surface area contributed by atoms with Crippen LogP contribution in [-0.4, -0.2) is 25.4 Å². The molecule has 0 bridgehead atoms. The van der Waals surface area contributed by atoms with Crippen LogP contribution in [-0.2, 0) is 9.47 Å². The molecule has 1 aliphatic heterocycles. The Morgan fingerprint density at radius 1 is 0.559 bits per heavy atom. The van der Waals surface area contributed by atoms with Crippen LogP contribution < -0.4 is 0 Å². The normalized spacial score (nSPS) is 51.6. The minimum absolute atomic E-state index is 0.547. The van der Waals surface area contributed by atoms with Crippen molar-refractivity contribution in [2.75, 3.05) is 13.2 Å². The third-order valence-corrected chi connectivity index (χ3v) is 12.7. The molecule has 10 unspecified atom stereocenters. The molecule has 0 spiro atoms. The van der Waals surface area contributed by atoms with Crippen LogP contribution in [0.25, 0.3) is 0 Å². The van der Waals surface area contributed by atoms with Gasteiger partial charge < -0.3 is 9.47 Å². The highest BCUT2D eigenvalue weighted by Crippen LogP contribution is 2.65. The highest BCUT2D eigenvalue weighted by Gasteiger charge is 2.62. The molecule has 1 heterocycles. The molecule has 0 aromatic carbocycles. The smallest absolute Gasteiger partial charge is 0.0610 e. The number of hydrogen-bond donors (Lipinski definition) is 0. The monoisotopic (exact) mass is 467 g/mol. The minimum Gasteiger partial charge on any atom is -0.378 e. The highest BCUT2D eigenvalue weighted by atomic mass is 16.5. The van der Waals surface area contributed by atoms with Gasteiger partial charge in [0.1, 0.15) is 0 Å². The highest BCUT2D eigenvalue weighted by molar-refractivity contribution is 5.10. The summed E-state index contributed by atoms with van der Waals surface area (Å²) in [5.41, 5.74) is 0. The van der Waals surface area contributed by atoms with E-state index in [1.165, 1.54) is 103 Å². The molecule has 0 aromatic rings. The molecule has 1 saturated heterocycles. The quantitative estimate of drug-likeness (QED) is 0.421. The molecule has 2 heteroatoms. The average Bonchev–Trinajstić information content (AvgIpc) is 2.96. The summed E-state index contributed by atoms with van der Waals surface area (Å²) < 4.78 is 14.2. The van der Waals surface area contributed by atoms with Crippen molar-refractivity contribution >= 4 is 0 Å². The molecule has 1 radical (unpaired) electrons. The van der Waals surface area contributed by atoms with E-state index >= 15 is 0 Å². The minimum atomic E-state index is 0.547. The predicted molar refractivity (Wildman–Crippen MR) is 137 cm³/mol. The van der Waals surface area contributed by atoms with Crippen molar-refractivity contribution in [2.24, 2.45) is 59.2 Å². The Bertz CT molecular complexity index is 651. The van der Waals surface area contributed by atoms with Crippen LogP contribution >= 0.6 is 0 Å². The first-order chi connectivity index (χ1) is 16.8. The molecule has 191 valence electrons. The lowest BCUT2D eigenvalue weighted by Crippen LogP contribution is -2.62. The first kappa shape index (κ1) is 23.1. The lowest BCUT2D eigenvalue weighted by Gasteiger charge is -2.65. The van der Waals surface area contributed by atoms with Crippen LogP contribution in [0.2, 0.25) is 0 Å². The number of hydrogen-bond acceptors (Lipinski definition) is 2. The van der Waals surface area contributed by atoms with Gasteiger partial charge >= 0.3 is 0 Å². The first-order valence-corrected chi connectivity index (χ1v) is 15.9.